The van der Waals surface area contributed by atoms with Crippen molar-refractivity contribution < 1.29 is 9.59 Å². The minimum Gasteiger partial charge on any atom is -0.347 e. The molecule has 6 heteroatoms. The van der Waals surface area contributed by atoms with Gasteiger partial charge in [0.1, 0.15) is 10.9 Å². The smallest absolute Gasteiger partial charge is 0.167 e. The van der Waals surface area contributed by atoms with Crippen LogP contribution in [0, 0.1) is 6.92 Å². The Morgan fingerprint density at radius 2 is 1.90 bits per heavy atom. The van der Waals surface area contributed by atoms with E-state index in [9.17, 15) is 9.59 Å². The van der Waals surface area contributed by atoms with Crippen LogP contribution in [-0.2, 0) is 16.6 Å². The van der Waals surface area contributed by atoms with Gasteiger partial charge in [-0.2, -0.15) is 0 Å². The molecule has 0 fully saturated rings. The van der Waals surface area contributed by atoms with Crippen LogP contribution in [0.25, 0.3) is 0 Å². The highest BCUT2D eigenvalue weighted by Crippen LogP contribution is 2.46. The summed E-state index contributed by atoms with van der Waals surface area (Å²) in [6.45, 7) is 9.58. The molecule has 1 aromatic carbocycles. The highest BCUT2D eigenvalue weighted by Gasteiger charge is 2.38. The molecule has 1 aliphatic heterocycles. The molecule has 0 unspecified atom stereocenters. The van der Waals surface area contributed by atoms with Gasteiger partial charge in [-0.15, -0.1) is 0 Å². The molecule has 0 amide bonds. The number of benzene rings is 1. The van der Waals surface area contributed by atoms with E-state index in [1.165, 1.54) is 24.2 Å². The molecule has 5 nitrogen and oxygen atoms in total. The molecule has 1 aromatic heterocycles. The topological polar surface area (TPSA) is 63.2 Å². The molecule has 0 bridgehead atoms. The molecule has 0 saturated carbocycles. The molecule has 0 aliphatic carbocycles. The molecule has 0 saturated heterocycles. The van der Waals surface area contributed by atoms with E-state index in [1.807, 2.05) is 33.0 Å². The lowest BCUT2D eigenvalue weighted by atomic mass is 9.83. The SMILES string of the molecule is CCc1nc(C)c(C(C)=O)c(SCC(=O)/C=C2/N(C)c3ccccc3C2(C)C)n1. The van der Waals surface area contributed by atoms with Gasteiger partial charge in [0.15, 0.2) is 11.6 Å². The number of hydrogen-bond acceptors (Lipinski definition) is 6. The van der Waals surface area contributed by atoms with Gasteiger partial charge in [0, 0.05) is 36.3 Å². The van der Waals surface area contributed by atoms with Crippen LogP contribution in [0.5, 0.6) is 0 Å². The number of Topliss-reactive ketones (excluding diaryl/α,β-unsaturated/α-hetero) is 1. The Morgan fingerprint density at radius 3 is 2.52 bits per heavy atom. The molecule has 0 N–H and O–H groups in total. The van der Waals surface area contributed by atoms with E-state index in [-0.39, 0.29) is 22.7 Å². The Kier molecular flexibility index (Phi) is 5.94. The number of fused-ring (bicyclic) bond motifs is 1. The molecular formula is C23H27N3O2S. The van der Waals surface area contributed by atoms with Gasteiger partial charge in [-0.05, 0) is 25.5 Å². The second kappa shape index (κ2) is 8.11. The Hall–Kier alpha value is -2.47. The van der Waals surface area contributed by atoms with E-state index in [2.05, 4.69) is 40.8 Å². The fraction of sp³-hybridized carbons (Fsp3) is 0.391. The van der Waals surface area contributed by atoms with Crippen LogP contribution in [0.4, 0.5) is 5.69 Å². The van der Waals surface area contributed by atoms with Gasteiger partial charge in [-0.25, -0.2) is 9.97 Å². The maximum atomic E-state index is 12.8. The molecule has 0 spiro atoms. The monoisotopic (exact) mass is 409 g/mol. The highest BCUT2D eigenvalue weighted by molar-refractivity contribution is 8.00. The number of aromatic nitrogens is 2. The van der Waals surface area contributed by atoms with E-state index >= 15 is 0 Å². The van der Waals surface area contributed by atoms with Gasteiger partial charge in [0.25, 0.3) is 0 Å². The standard InChI is InChI=1S/C23H27N3O2S/c1-7-20-24-14(2)21(15(3)27)22(25-20)29-13-16(28)12-19-23(4,5)17-10-8-9-11-18(17)26(19)6/h8-12H,7,13H2,1-6H3/b19-12+. The first-order chi connectivity index (χ1) is 13.7. The van der Waals surface area contributed by atoms with E-state index in [4.69, 9.17) is 0 Å². The van der Waals surface area contributed by atoms with Crippen LogP contribution >= 0.6 is 11.8 Å². The number of ketones is 2. The number of rotatable bonds is 6. The predicted molar refractivity (Wildman–Crippen MR) is 118 cm³/mol. The second-order valence-corrected chi connectivity index (χ2v) is 8.76. The number of para-hydroxylation sites is 1. The summed E-state index contributed by atoms with van der Waals surface area (Å²) in [5, 5.41) is 0.593. The first-order valence-corrected chi connectivity index (χ1v) is 10.7. The summed E-state index contributed by atoms with van der Waals surface area (Å²) in [6.07, 6.45) is 2.41. The first kappa shape index (κ1) is 21.2. The number of thioether (sulfide) groups is 1. The normalized spacial score (nSPS) is 16.2. The minimum absolute atomic E-state index is 0.00143. The molecule has 152 valence electrons. The average Bonchev–Trinajstić information content (AvgIpc) is 2.86. The summed E-state index contributed by atoms with van der Waals surface area (Å²) < 4.78 is 0. The number of nitrogens with zero attached hydrogens (tertiary/aromatic N) is 3. The van der Waals surface area contributed by atoms with Crippen LogP contribution in [0.3, 0.4) is 0 Å². The van der Waals surface area contributed by atoms with Gasteiger partial charge < -0.3 is 4.90 Å². The molecule has 0 atom stereocenters. The number of carbonyl (C=O) groups excluding carboxylic acids is 2. The summed E-state index contributed by atoms with van der Waals surface area (Å²) in [5.41, 5.74) is 4.26. The number of carbonyl (C=O) groups is 2. The van der Waals surface area contributed by atoms with Crippen molar-refractivity contribution in [3.05, 3.63) is 58.7 Å². The van der Waals surface area contributed by atoms with Crippen molar-refractivity contribution >= 4 is 29.0 Å². The van der Waals surface area contributed by atoms with Crippen molar-refractivity contribution in [2.75, 3.05) is 17.7 Å². The van der Waals surface area contributed by atoms with Gasteiger partial charge in [-0.3, -0.25) is 9.59 Å². The lowest BCUT2D eigenvalue weighted by Crippen LogP contribution is -2.24. The summed E-state index contributed by atoms with van der Waals surface area (Å²) in [5.74, 6) is 0.837. The first-order valence-electron chi connectivity index (χ1n) is 9.76. The number of hydrogen-bond donors (Lipinski definition) is 0. The van der Waals surface area contributed by atoms with Gasteiger partial charge in [0.2, 0.25) is 0 Å². The fourth-order valence-corrected chi connectivity index (χ4v) is 4.83. The Bertz CT molecular complexity index is 1010. The molecule has 29 heavy (non-hydrogen) atoms. The quantitative estimate of drug-likeness (QED) is 0.302. The maximum Gasteiger partial charge on any atom is 0.167 e. The van der Waals surface area contributed by atoms with Crippen molar-refractivity contribution in [1.82, 2.24) is 9.97 Å². The van der Waals surface area contributed by atoms with E-state index in [0.717, 1.165) is 11.4 Å². The van der Waals surface area contributed by atoms with E-state index in [0.29, 0.717) is 28.5 Å². The van der Waals surface area contributed by atoms with Crippen LogP contribution in [0.2, 0.25) is 0 Å². The van der Waals surface area contributed by atoms with E-state index < -0.39 is 0 Å². The van der Waals surface area contributed by atoms with Crippen molar-refractivity contribution in [2.45, 2.75) is 51.5 Å². The number of anilines is 1. The molecular weight excluding hydrogens is 382 g/mol. The van der Waals surface area contributed by atoms with Gasteiger partial charge in [-0.1, -0.05) is 50.7 Å². The third-order valence-electron chi connectivity index (χ3n) is 5.36. The second-order valence-electron chi connectivity index (χ2n) is 7.80. The summed E-state index contributed by atoms with van der Waals surface area (Å²) in [7, 11) is 2.00. The zero-order chi connectivity index (χ0) is 21.3. The lowest BCUT2D eigenvalue weighted by Gasteiger charge is -2.23. The number of aryl methyl sites for hydroxylation is 2. The molecule has 0 radical (unpaired) electrons. The largest absolute Gasteiger partial charge is 0.347 e. The van der Waals surface area contributed by atoms with Crippen molar-refractivity contribution in [3.8, 4) is 0 Å². The molecule has 1 aliphatic rings. The van der Waals surface area contributed by atoms with Crippen LogP contribution in [0.15, 0.2) is 41.1 Å². The number of likely N-dealkylation sites (N-methyl/N-ethyl adjacent to an activating group) is 1. The Morgan fingerprint density at radius 1 is 1.21 bits per heavy atom. The summed E-state index contributed by atoms with van der Waals surface area (Å²) in [4.78, 5) is 35.9. The van der Waals surface area contributed by atoms with Crippen LogP contribution < -0.4 is 4.90 Å². The zero-order valence-electron chi connectivity index (χ0n) is 17.9. The number of allylic oxidation sites excluding steroid dienone is 2. The van der Waals surface area contributed by atoms with Crippen LogP contribution in [-0.4, -0.2) is 34.3 Å². The molecule has 2 aromatic rings. The van der Waals surface area contributed by atoms with Crippen LogP contribution in [0.1, 0.15) is 55.1 Å². The fourth-order valence-electron chi connectivity index (χ4n) is 3.86. The summed E-state index contributed by atoms with van der Waals surface area (Å²) in [6, 6.07) is 8.23. The maximum absolute atomic E-state index is 12.8. The Labute approximate surface area is 176 Å². The minimum atomic E-state index is -0.239. The molecule has 2 heterocycles. The Balaban J connectivity index is 1.84. The van der Waals surface area contributed by atoms with Crippen molar-refractivity contribution in [3.63, 3.8) is 0 Å². The van der Waals surface area contributed by atoms with E-state index in [1.54, 1.807) is 6.08 Å². The third-order valence-corrected chi connectivity index (χ3v) is 6.36. The zero-order valence-corrected chi connectivity index (χ0v) is 18.7. The van der Waals surface area contributed by atoms with Crippen molar-refractivity contribution in [1.29, 1.82) is 0 Å². The van der Waals surface area contributed by atoms with Crippen molar-refractivity contribution in [2.24, 2.45) is 0 Å². The third kappa shape index (κ3) is 3.99. The predicted octanol–water partition coefficient (Wildman–Crippen LogP) is 4.52. The highest BCUT2D eigenvalue weighted by atomic mass is 32.2. The summed E-state index contributed by atoms with van der Waals surface area (Å²) >= 11 is 1.31. The average molecular weight is 410 g/mol. The lowest BCUT2D eigenvalue weighted by molar-refractivity contribution is -0.112. The van der Waals surface area contributed by atoms with Gasteiger partial charge >= 0.3 is 0 Å². The molecule has 3 rings (SSSR count). The van der Waals surface area contributed by atoms with Gasteiger partial charge in [0.05, 0.1) is 17.0 Å².